The molecule has 0 saturated heterocycles. The highest BCUT2D eigenvalue weighted by atomic mass is 16.3. The van der Waals surface area contributed by atoms with Crippen molar-refractivity contribution in [1.29, 1.82) is 0 Å². The highest BCUT2D eigenvalue weighted by molar-refractivity contribution is 6.04. The Hall–Kier alpha value is -2.60. The zero-order valence-corrected chi connectivity index (χ0v) is 16.6. The Morgan fingerprint density at radius 2 is 1.93 bits per heavy atom. The summed E-state index contributed by atoms with van der Waals surface area (Å²) in [4.78, 5) is 27.3. The topological polar surface area (TPSA) is 74.6 Å². The van der Waals surface area contributed by atoms with Gasteiger partial charge in [0, 0.05) is 6.04 Å². The summed E-state index contributed by atoms with van der Waals surface area (Å²) in [6.07, 6.45) is 6.42. The van der Waals surface area contributed by atoms with Gasteiger partial charge in [0.05, 0.1) is 30.6 Å². The number of furan rings is 1. The number of likely N-dealkylation sites (N-methyl/N-ethyl adjacent to an activating group) is 1. The van der Waals surface area contributed by atoms with Gasteiger partial charge in [-0.2, -0.15) is 0 Å². The molecular weight excluding hydrogens is 354 g/mol. The van der Waals surface area contributed by atoms with Crippen LogP contribution in [0.1, 0.15) is 48.7 Å². The van der Waals surface area contributed by atoms with Crippen molar-refractivity contribution in [1.82, 2.24) is 10.2 Å². The quantitative estimate of drug-likeness (QED) is 0.765. The van der Waals surface area contributed by atoms with Crippen molar-refractivity contribution in [3.05, 3.63) is 54.0 Å². The van der Waals surface area contributed by atoms with E-state index in [9.17, 15) is 9.59 Å². The molecule has 150 valence electrons. The zero-order chi connectivity index (χ0) is 19.9. The predicted octanol–water partition coefficient (Wildman–Crippen LogP) is 3.66. The average Bonchev–Trinajstić information content (AvgIpc) is 3.20. The van der Waals surface area contributed by atoms with Gasteiger partial charge in [-0.15, -0.1) is 0 Å². The monoisotopic (exact) mass is 383 g/mol. The van der Waals surface area contributed by atoms with E-state index in [1.165, 1.54) is 19.3 Å². The molecule has 28 heavy (non-hydrogen) atoms. The van der Waals surface area contributed by atoms with Crippen LogP contribution in [0.15, 0.2) is 47.1 Å². The van der Waals surface area contributed by atoms with Crippen LogP contribution < -0.4 is 10.6 Å². The standard InChI is InChI=1S/C22H29N3O3/c1-16-8-3-6-12-20(16)25(2)15-21(26)24-19-11-5-4-10-18(19)22(27)23-14-17-9-7-13-28-17/h4-5,7,9-11,13,16,20H,3,6,8,12,14-15H2,1-2H3,(H,23,27)(H,24,26). The van der Waals surface area contributed by atoms with Crippen LogP contribution in [-0.4, -0.2) is 36.3 Å². The summed E-state index contributed by atoms with van der Waals surface area (Å²) in [5.74, 6) is 0.928. The van der Waals surface area contributed by atoms with E-state index in [2.05, 4.69) is 22.5 Å². The lowest BCUT2D eigenvalue weighted by atomic mass is 9.85. The second-order valence-corrected chi connectivity index (χ2v) is 7.60. The summed E-state index contributed by atoms with van der Waals surface area (Å²) in [5.41, 5.74) is 0.964. The van der Waals surface area contributed by atoms with Gasteiger partial charge in [-0.3, -0.25) is 14.5 Å². The molecule has 1 aromatic carbocycles. The molecule has 3 rings (SSSR count). The number of hydrogen-bond acceptors (Lipinski definition) is 4. The van der Waals surface area contributed by atoms with Crippen molar-refractivity contribution in [2.24, 2.45) is 5.92 Å². The molecule has 0 aliphatic heterocycles. The first-order valence-corrected chi connectivity index (χ1v) is 9.94. The Bertz CT molecular complexity index is 788. The molecule has 0 spiro atoms. The van der Waals surface area contributed by atoms with E-state index in [1.807, 2.05) is 13.1 Å². The molecule has 6 nitrogen and oxygen atoms in total. The van der Waals surface area contributed by atoms with Crippen LogP contribution in [0.5, 0.6) is 0 Å². The van der Waals surface area contributed by atoms with E-state index >= 15 is 0 Å². The second kappa shape index (κ2) is 9.55. The van der Waals surface area contributed by atoms with Crippen LogP contribution in [-0.2, 0) is 11.3 Å². The second-order valence-electron chi connectivity index (χ2n) is 7.60. The molecule has 1 heterocycles. The van der Waals surface area contributed by atoms with Gasteiger partial charge in [0.2, 0.25) is 5.91 Å². The van der Waals surface area contributed by atoms with Gasteiger partial charge in [0.15, 0.2) is 0 Å². The number of rotatable bonds is 7. The SMILES string of the molecule is CC1CCCCC1N(C)CC(=O)Nc1ccccc1C(=O)NCc1ccco1. The van der Waals surface area contributed by atoms with E-state index in [1.54, 1.807) is 36.6 Å². The van der Waals surface area contributed by atoms with Gasteiger partial charge in [0.25, 0.3) is 5.91 Å². The number of para-hydroxylation sites is 1. The van der Waals surface area contributed by atoms with E-state index in [0.717, 1.165) is 6.42 Å². The summed E-state index contributed by atoms with van der Waals surface area (Å²) < 4.78 is 5.23. The molecule has 2 unspecified atom stereocenters. The minimum Gasteiger partial charge on any atom is -0.467 e. The Balaban J connectivity index is 1.59. The van der Waals surface area contributed by atoms with Crippen LogP contribution in [0.4, 0.5) is 5.69 Å². The fourth-order valence-corrected chi connectivity index (χ4v) is 3.95. The highest BCUT2D eigenvalue weighted by Crippen LogP contribution is 2.27. The number of nitrogens with zero attached hydrogens (tertiary/aromatic N) is 1. The molecule has 2 aromatic rings. The van der Waals surface area contributed by atoms with E-state index in [-0.39, 0.29) is 11.8 Å². The van der Waals surface area contributed by atoms with Crippen LogP contribution in [0, 0.1) is 5.92 Å². The van der Waals surface area contributed by atoms with Crippen molar-refractivity contribution in [3.63, 3.8) is 0 Å². The number of anilines is 1. The fourth-order valence-electron chi connectivity index (χ4n) is 3.95. The Morgan fingerprint density at radius 3 is 2.68 bits per heavy atom. The maximum absolute atomic E-state index is 12.6. The third kappa shape index (κ3) is 5.23. The summed E-state index contributed by atoms with van der Waals surface area (Å²) in [6.45, 7) is 2.88. The van der Waals surface area contributed by atoms with Crippen LogP contribution >= 0.6 is 0 Å². The predicted molar refractivity (Wildman–Crippen MR) is 109 cm³/mol. The Kier molecular flexibility index (Phi) is 6.87. The fraction of sp³-hybridized carbons (Fsp3) is 0.455. The number of carbonyl (C=O) groups excluding carboxylic acids is 2. The first-order valence-electron chi connectivity index (χ1n) is 9.94. The molecule has 1 fully saturated rings. The van der Waals surface area contributed by atoms with Crippen molar-refractivity contribution >= 4 is 17.5 Å². The van der Waals surface area contributed by atoms with Gasteiger partial charge in [-0.05, 0) is 50.1 Å². The normalized spacial score (nSPS) is 19.4. The van der Waals surface area contributed by atoms with Crippen molar-refractivity contribution in [2.45, 2.75) is 45.2 Å². The summed E-state index contributed by atoms with van der Waals surface area (Å²) in [6, 6.07) is 11.1. The smallest absolute Gasteiger partial charge is 0.253 e. The Labute approximate surface area is 166 Å². The number of benzene rings is 1. The maximum Gasteiger partial charge on any atom is 0.253 e. The van der Waals surface area contributed by atoms with E-state index in [4.69, 9.17) is 4.42 Å². The lowest BCUT2D eigenvalue weighted by Crippen LogP contribution is -2.43. The zero-order valence-electron chi connectivity index (χ0n) is 16.6. The summed E-state index contributed by atoms with van der Waals surface area (Å²) >= 11 is 0. The molecule has 2 atom stereocenters. The third-order valence-corrected chi connectivity index (χ3v) is 5.47. The largest absolute Gasteiger partial charge is 0.467 e. The molecule has 0 bridgehead atoms. The van der Waals surface area contributed by atoms with Crippen molar-refractivity contribution < 1.29 is 14.0 Å². The van der Waals surface area contributed by atoms with Gasteiger partial charge in [-0.25, -0.2) is 0 Å². The third-order valence-electron chi connectivity index (χ3n) is 5.47. The van der Waals surface area contributed by atoms with Crippen molar-refractivity contribution in [2.75, 3.05) is 18.9 Å². The lowest BCUT2D eigenvalue weighted by Gasteiger charge is -2.35. The van der Waals surface area contributed by atoms with Crippen molar-refractivity contribution in [3.8, 4) is 0 Å². The number of nitrogens with one attached hydrogen (secondary N) is 2. The molecule has 1 saturated carbocycles. The average molecular weight is 383 g/mol. The van der Waals surface area contributed by atoms with Gasteiger partial charge in [0.1, 0.15) is 5.76 Å². The Morgan fingerprint density at radius 1 is 1.14 bits per heavy atom. The molecule has 6 heteroatoms. The van der Waals surface area contributed by atoms with Gasteiger partial charge >= 0.3 is 0 Å². The van der Waals surface area contributed by atoms with Gasteiger partial charge < -0.3 is 15.1 Å². The first kappa shape index (κ1) is 20.1. The number of carbonyl (C=O) groups is 2. The highest BCUT2D eigenvalue weighted by Gasteiger charge is 2.26. The minimum absolute atomic E-state index is 0.105. The maximum atomic E-state index is 12.6. The molecule has 2 amide bonds. The van der Waals surface area contributed by atoms with Crippen LogP contribution in [0.25, 0.3) is 0 Å². The molecule has 1 aliphatic rings. The molecule has 0 radical (unpaired) electrons. The number of hydrogen-bond donors (Lipinski definition) is 2. The van der Waals surface area contributed by atoms with Crippen LogP contribution in [0.2, 0.25) is 0 Å². The summed E-state index contributed by atoms with van der Waals surface area (Å²) in [5, 5.41) is 5.72. The molecule has 2 N–H and O–H groups in total. The minimum atomic E-state index is -0.249. The first-order chi connectivity index (χ1) is 13.5. The van der Waals surface area contributed by atoms with Gasteiger partial charge in [-0.1, -0.05) is 31.9 Å². The lowest BCUT2D eigenvalue weighted by molar-refractivity contribution is -0.117. The molecule has 1 aliphatic carbocycles. The molecular formula is C22H29N3O3. The van der Waals surface area contributed by atoms with E-state index < -0.39 is 0 Å². The number of amides is 2. The van der Waals surface area contributed by atoms with E-state index in [0.29, 0.717) is 42.1 Å². The summed E-state index contributed by atoms with van der Waals surface area (Å²) in [7, 11) is 2.01. The molecule has 1 aromatic heterocycles. The van der Waals surface area contributed by atoms with Crippen LogP contribution in [0.3, 0.4) is 0 Å².